The van der Waals surface area contributed by atoms with Crippen LogP contribution in [0.4, 0.5) is 18.9 Å². The average molecular weight is 342 g/mol. The van der Waals surface area contributed by atoms with E-state index in [0.29, 0.717) is 12.2 Å². The summed E-state index contributed by atoms with van der Waals surface area (Å²) in [5.41, 5.74) is -0.690. The molecule has 24 heavy (non-hydrogen) atoms. The molecule has 0 aliphatic heterocycles. The van der Waals surface area contributed by atoms with E-state index in [-0.39, 0.29) is 11.4 Å². The van der Waals surface area contributed by atoms with Crippen molar-refractivity contribution in [1.29, 1.82) is 0 Å². The van der Waals surface area contributed by atoms with Gasteiger partial charge in [-0.1, -0.05) is 6.92 Å². The van der Waals surface area contributed by atoms with E-state index in [9.17, 15) is 22.8 Å². The summed E-state index contributed by atoms with van der Waals surface area (Å²) in [5.74, 6) is -1.17. The quantitative estimate of drug-likeness (QED) is 0.845. The summed E-state index contributed by atoms with van der Waals surface area (Å²) in [4.78, 5) is 27.1. The van der Waals surface area contributed by atoms with Crippen molar-refractivity contribution in [3.63, 3.8) is 0 Å². The Morgan fingerprint density at radius 2 is 1.92 bits per heavy atom. The van der Waals surface area contributed by atoms with Crippen molar-refractivity contribution in [2.24, 2.45) is 0 Å². The van der Waals surface area contributed by atoms with E-state index in [1.165, 1.54) is 0 Å². The van der Waals surface area contributed by atoms with Crippen molar-refractivity contribution < 1.29 is 31.9 Å². The van der Waals surface area contributed by atoms with Gasteiger partial charge in [0.1, 0.15) is 5.76 Å². The second-order valence-corrected chi connectivity index (χ2v) is 4.68. The predicted octanol–water partition coefficient (Wildman–Crippen LogP) is 3.05. The van der Waals surface area contributed by atoms with Gasteiger partial charge in [-0.15, -0.1) is 0 Å². The van der Waals surface area contributed by atoms with E-state index in [0.717, 1.165) is 30.7 Å². The van der Waals surface area contributed by atoms with Gasteiger partial charge in [-0.25, -0.2) is 9.78 Å². The number of aryl methyl sites for hydroxylation is 1. The maximum absolute atomic E-state index is 12.4. The lowest BCUT2D eigenvalue weighted by Gasteiger charge is -2.09. The summed E-state index contributed by atoms with van der Waals surface area (Å²) in [6.07, 6.45) is -2.92. The van der Waals surface area contributed by atoms with Crippen LogP contribution in [0.15, 0.2) is 35.1 Å². The summed E-state index contributed by atoms with van der Waals surface area (Å²) in [6, 6.07) is 3.89. The fourth-order valence-electron chi connectivity index (χ4n) is 1.83. The fourth-order valence-corrected chi connectivity index (χ4v) is 1.83. The third kappa shape index (κ3) is 4.34. The highest BCUT2D eigenvalue weighted by Gasteiger charge is 2.30. The number of carbonyl (C=O) groups excluding carboxylic acids is 2. The average Bonchev–Trinajstić information content (AvgIpc) is 3.01. The van der Waals surface area contributed by atoms with Crippen LogP contribution in [0, 0.1) is 0 Å². The van der Waals surface area contributed by atoms with Crippen molar-refractivity contribution in [3.05, 3.63) is 47.7 Å². The SMILES string of the molecule is CCc1ocnc1C(=O)OCC(=O)Nc1ccc(C(F)(F)F)cc1. The summed E-state index contributed by atoms with van der Waals surface area (Å²) >= 11 is 0. The number of nitrogens with zero attached hydrogens (tertiary/aromatic N) is 1. The van der Waals surface area contributed by atoms with E-state index in [2.05, 4.69) is 10.3 Å². The minimum Gasteiger partial charge on any atom is -0.451 e. The van der Waals surface area contributed by atoms with E-state index >= 15 is 0 Å². The third-order valence-corrected chi connectivity index (χ3v) is 2.99. The number of benzene rings is 1. The van der Waals surface area contributed by atoms with Crippen LogP contribution in [0.5, 0.6) is 0 Å². The fraction of sp³-hybridized carbons (Fsp3) is 0.267. The number of nitrogens with one attached hydrogen (secondary N) is 1. The Kier molecular flexibility index (Phi) is 5.22. The van der Waals surface area contributed by atoms with E-state index in [1.807, 2.05) is 0 Å². The smallest absolute Gasteiger partial charge is 0.416 e. The molecule has 2 aromatic rings. The van der Waals surface area contributed by atoms with Crippen LogP contribution >= 0.6 is 0 Å². The van der Waals surface area contributed by atoms with Gasteiger partial charge in [0.05, 0.1) is 5.56 Å². The number of oxazole rings is 1. The van der Waals surface area contributed by atoms with Gasteiger partial charge in [0, 0.05) is 12.1 Å². The van der Waals surface area contributed by atoms with Gasteiger partial charge in [-0.2, -0.15) is 13.2 Å². The Labute approximate surface area is 134 Å². The van der Waals surface area contributed by atoms with Crippen LogP contribution in [-0.4, -0.2) is 23.5 Å². The molecule has 0 saturated carbocycles. The summed E-state index contributed by atoms with van der Waals surface area (Å²) in [6.45, 7) is 1.16. The Balaban J connectivity index is 1.88. The number of alkyl halides is 3. The maximum atomic E-state index is 12.4. The normalized spacial score (nSPS) is 11.2. The number of amides is 1. The minimum atomic E-state index is -4.45. The number of hydrogen-bond acceptors (Lipinski definition) is 5. The molecule has 0 atom stereocenters. The van der Waals surface area contributed by atoms with E-state index < -0.39 is 30.2 Å². The van der Waals surface area contributed by atoms with Crippen LogP contribution in [0.2, 0.25) is 0 Å². The first-order valence-corrected chi connectivity index (χ1v) is 6.88. The van der Waals surface area contributed by atoms with Crippen molar-refractivity contribution in [1.82, 2.24) is 4.98 Å². The highest BCUT2D eigenvalue weighted by Crippen LogP contribution is 2.29. The predicted molar refractivity (Wildman–Crippen MR) is 76.2 cm³/mol. The molecule has 0 aliphatic carbocycles. The second-order valence-electron chi connectivity index (χ2n) is 4.68. The van der Waals surface area contributed by atoms with Crippen molar-refractivity contribution in [2.45, 2.75) is 19.5 Å². The molecule has 1 amide bonds. The van der Waals surface area contributed by atoms with Gasteiger partial charge in [-0.05, 0) is 24.3 Å². The maximum Gasteiger partial charge on any atom is 0.416 e. The molecule has 0 radical (unpaired) electrons. The van der Waals surface area contributed by atoms with Crippen molar-refractivity contribution in [3.8, 4) is 0 Å². The number of ether oxygens (including phenoxy) is 1. The molecule has 0 bridgehead atoms. The highest BCUT2D eigenvalue weighted by molar-refractivity contribution is 5.95. The Bertz CT molecular complexity index is 723. The highest BCUT2D eigenvalue weighted by atomic mass is 19.4. The molecule has 0 aliphatic rings. The molecule has 1 heterocycles. The van der Waals surface area contributed by atoms with Gasteiger partial charge in [0.25, 0.3) is 5.91 Å². The lowest BCUT2D eigenvalue weighted by Crippen LogP contribution is -2.21. The molecule has 0 unspecified atom stereocenters. The molecule has 128 valence electrons. The summed E-state index contributed by atoms with van der Waals surface area (Å²) in [7, 11) is 0. The molecule has 6 nitrogen and oxygen atoms in total. The van der Waals surface area contributed by atoms with Crippen LogP contribution in [0.25, 0.3) is 0 Å². The first-order valence-electron chi connectivity index (χ1n) is 6.88. The van der Waals surface area contributed by atoms with E-state index in [1.54, 1.807) is 6.92 Å². The van der Waals surface area contributed by atoms with Gasteiger partial charge in [0.2, 0.25) is 0 Å². The van der Waals surface area contributed by atoms with Gasteiger partial charge >= 0.3 is 12.1 Å². The Morgan fingerprint density at radius 1 is 1.25 bits per heavy atom. The Morgan fingerprint density at radius 3 is 2.50 bits per heavy atom. The molecule has 1 aromatic heterocycles. The second kappa shape index (κ2) is 7.16. The largest absolute Gasteiger partial charge is 0.451 e. The van der Waals surface area contributed by atoms with Gasteiger partial charge in [-0.3, -0.25) is 4.79 Å². The van der Waals surface area contributed by atoms with Gasteiger partial charge < -0.3 is 14.5 Å². The molecule has 0 spiro atoms. The number of rotatable bonds is 5. The van der Waals surface area contributed by atoms with Crippen molar-refractivity contribution >= 4 is 17.6 Å². The summed E-state index contributed by atoms with van der Waals surface area (Å²) in [5, 5.41) is 2.32. The number of carbonyl (C=O) groups is 2. The zero-order chi connectivity index (χ0) is 17.7. The van der Waals surface area contributed by atoms with Crippen LogP contribution < -0.4 is 5.32 Å². The number of aromatic nitrogens is 1. The molecule has 2 rings (SSSR count). The Hall–Kier alpha value is -2.84. The van der Waals surface area contributed by atoms with Crippen LogP contribution in [0.3, 0.4) is 0 Å². The standard InChI is InChI=1S/C15H13F3N2O4/c1-2-11-13(19-8-24-11)14(22)23-7-12(21)20-10-5-3-9(4-6-10)15(16,17)18/h3-6,8H,2,7H2,1H3,(H,20,21). The first kappa shape index (κ1) is 17.5. The zero-order valence-corrected chi connectivity index (χ0v) is 12.5. The third-order valence-electron chi connectivity index (χ3n) is 2.99. The molecule has 9 heteroatoms. The molecular weight excluding hydrogens is 329 g/mol. The topological polar surface area (TPSA) is 81.4 Å². The number of hydrogen-bond donors (Lipinski definition) is 1. The monoisotopic (exact) mass is 342 g/mol. The minimum absolute atomic E-state index is 0.0140. The number of halogens is 3. The first-order chi connectivity index (χ1) is 11.3. The lowest BCUT2D eigenvalue weighted by atomic mass is 10.2. The van der Waals surface area contributed by atoms with Crippen LogP contribution in [-0.2, 0) is 22.1 Å². The summed E-state index contributed by atoms with van der Waals surface area (Å²) < 4.78 is 47.0. The molecule has 1 aromatic carbocycles. The van der Waals surface area contributed by atoms with E-state index in [4.69, 9.17) is 9.15 Å². The van der Waals surface area contributed by atoms with Crippen molar-refractivity contribution in [2.75, 3.05) is 11.9 Å². The molecule has 0 fully saturated rings. The number of anilines is 1. The molecular formula is C15H13F3N2O4. The van der Waals surface area contributed by atoms with Crippen LogP contribution in [0.1, 0.15) is 28.7 Å². The molecule has 1 N–H and O–H groups in total. The zero-order valence-electron chi connectivity index (χ0n) is 12.5. The molecule has 0 saturated heterocycles. The number of esters is 1. The van der Waals surface area contributed by atoms with Gasteiger partial charge in [0.15, 0.2) is 18.7 Å². The lowest BCUT2D eigenvalue weighted by molar-refractivity contribution is -0.137.